The van der Waals surface area contributed by atoms with Crippen LogP contribution >= 0.6 is 15.9 Å². The zero-order chi connectivity index (χ0) is 18.2. The van der Waals surface area contributed by atoms with Crippen LogP contribution in [-0.2, 0) is 16.1 Å². The Morgan fingerprint density at radius 1 is 1.28 bits per heavy atom. The average molecular weight is 408 g/mol. The molecule has 2 fully saturated rings. The highest BCUT2D eigenvalue weighted by Crippen LogP contribution is 2.35. The van der Waals surface area contributed by atoms with Crippen molar-refractivity contribution in [2.75, 3.05) is 7.05 Å². The van der Waals surface area contributed by atoms with Crippen molar-refractivity contribution in [2.45, 2.75) is 50.7 Å². The molecule has 1 aromatic rings. The number of hydrogen-bond donors (Lipinski definition) is 1. The Morgan fingerprint density at radius 2 is 1.88 bits per heavy atom. The highest BCUT2D eigenvalue weighted by Gasteiger charge is 2.54. The topological polar surface area (TPSA) is 69.7 Å². The zero-order valence-corrected chi connectivity index (χ0v) is 16.0. The maximum absolute atomic E-state index is 12.8. The van der Waals surface area contributed by atoms with Gasteiger partial charge < -0.3 is 10.2 Å². The highest BCUT2D eigenvalue weighted by atomic mass is 79.9. The van der Waals surface area contributed by atoms with E-state index in [4.69, 9.17) is 0 Å². The summed E-state index contributed by atoms with van der Waals surface area (Å²) in [5, 5.41) is 2.82. The van der Waals surface area contributed by atoms with Gasteiger partial charge in [-0.25, -0.2) is 9.69 Å². The lowest BCUT2D eigenvalue weighted by molar-refractivity contribution is -0.142. The molecule has 0 radical (unpaired) electrons. The van der Waals surface area contributed by atoms with Crippen LogP contribution in [0.4, 0.5) is 4.79 Å². The van der Waals surface area contributed by atoms with E-state index in [2.05, 4.69) is 21.2 Å². The summed E-state index contributed by atoms with van der Waals surface area (Å²) in [7, 11) is 1.69. The Labute approximate surface area is 155 Å². The van der Waals surface area contributed by atoms with Crippen LogP contribution in [-0.4, -0.2) is 46.3 Å². The Bertz CT molecular complexity index is 698. The van der Waals surface area contributed by atoms with Crippen LogP contribution in [0.5, 0.6) is 0 Å². The van der Waals surface area contributed by atoms with E-state index in [1.54, 1.807) is 18.9 Å². The van der Waals surface area contributed by atoms with Crippen molar-refractivity contribution in [3.8, 4) is 0 Å². The number of carbonyl (C=O) groups excluding carboxylic acids is 3. The minimum Gasteiger partial charge on any atom is -0.340 e. The normalized spacial score (nSPS) is 20.0. The van der Waals surface area contributed by atoms with Gasteiger partial charge in [0.1, 0.15) is 11.6 Å². The van der Waals surface area contributed by atoms with Gasteiger partial charge in [-0.05, 0) is 37.5 Å². The molecule has 25 heavy (non-hydrogen) atoms. The van der Waals surface area contributed by atoms with Gasteiger partial charge in [-0.1, -0.05) is 40.9 Å². The summed E-state index contributed by atoms with van der Waals surface area (Å²) in [5.41, 5.74) is 0.200. The number of likely N-dealkylation sites (N-methyl/N-ethyl adjacent to an activating group) is 1. The number of halogens is 1. The summed E-state index contributed by atoms with van der Waals surface area (Å²) in [6.45, 7) is 2.04. The van der Waals surface area contributed by atoms with Gasteiger partial charge in [-0.2, -0.15) is 0 Å². The van der Waals surface area contributed by atoms with Crippen molar-refractivity contribution >= 4 is 33.8 Å². The van der Waals surface area contributed by atoms with Crippen molar-refractivity contribution < 1.29 is 14.4 Å². The van der Waals surface area contributed by atoms with Crippen LogP contribution in [0.3, 0.4) is 0 Å². The number of nitrogens with zero attached hydrogens (tertiary/aromatic N) is 2. The molecule has 1 atom stereocenters. The molecule has 1 saturated heterocycles. The van der Waals surface area contributed by atoms with Crippen LogP contribution < -0.4 is 5.32 Å². The monoisotopic (exact) mass is 407 g/mol. The first kappa shape index (κ1) is 17.9. The number of imide groups is 1. The van der Waals surface area contributed by atoms with Crippen molar-refractivity contribution in [1.82, 2.24) is 15.1 Å². The molecule has 3 rings (SSSR count). The van der Waals surface area contributed by atoms with Gasteiger partial charge in [-0.15, -0.1) is 0 Å². The molecule has 1 aromatic carbocycles. The third-order valence-electron chi connectivity index (χ3n) is 5.10. The van der Waals surface area contributed by atoms with Gasteiger partial charge >= 0.3 is 6.03 Å². The number of nitrogens with one attached hydrogen (secondary N) is 1. The minimum atomic E-state index is -0.812. The van der Waals surface area contributed by atoms with Gasteiger partial charge in [0.05, 0.1) is 0 Å². The van der Waals surface area contributed by atoms with Crippen LogP contribution in [0.25, 0.3) is 0 Å². The van der Waals surface area contributed by atoms with E-state index in [1.807, 2.05) is 24.3 Å². The van der Waals surface area contributed by atoms with E-state index in [-0.39, 0.29) is 11.8 Å². The summed E-state index contributed by atoms with van der Waals surface area (Å²) in [6.07, 6.45) is 3.16. The highest BCUT2D eigenvalue weighted by molar-refractivity contribution is 9.10. The lowest BCUT2D eigenvalue weighted by Gasteiger charge is -2.27. The Balaban J connectivity index is 1.70. The van der Waals surface area contributed by atoms with E-state index >= 15 is 0 Å². The molecule has 1 N–H and O–H groups in total. The standard InChI is InChI=1S/C18H22BrN3O3/c1-12(15(23)21(2)11-13-5-7-14(19)8-6-13)22-16(24)18(20-17(22)25)9-3-4-10-18/h5-8,12H,3-4,9-11H2,1-2H3,(H,20,25). The maximum atomic E-state index is 12.8. The fourth-order valence-electron chi connectivity index (χ4n) is 3.68. The first-order chi connectivity index (χ1) is 11.8. The first-order valence-corrected chi connectivity index (χ1v) is 9.28. The Morgan fingerprint density at radius 3 is 2.48 bits per heavy atom. The molecule has 7 heteroatoms. The third kappa shape index (κ3) is 3.29. The van der Waals surface area contributed by atoms with Gasteiger partial charge in [0.15, 0.2) is 0 Å². The van der Waals surface area contributed by atoms with Gasteiger partial charge in [-0.3, -0.25) is 9.59 Å². The molecular formula is C18H22BrN3O3. The number of carbonyl (C=O) groups is 3. The second-order valence-electron chi connectivity index (χ2n) is 6.89. The van der Waals surface area contributed by atoms with Crippen LogP contribution in [0.15, 0.2) is 28.7 Å². The molecule has 0 bridgehead atoms. The summed E-state index contributed by atoms with van der Waals surface area (Å²) < 4.78 is 0.972. The molecule has 4 amide bonds. The van der Waals surface area contributed by atoms with Gasteiger partial charge in [0.25, 0.3) is 5.91 Å². The van der Waals surface area contributed by atoms with Crippen molar-refractivity contribution in [2.24, 2.45) is 0 Å². The fourth-order valence-corrected chi connectivity index (χ4v) is 3.95. The molecule has 1 spiro atoms. The molecule has 1 saturated carbocycles. The Kier molecular flexibility index (Phi) is 4.86. The average Bonchev–Trinajstić information content (AvgIpc) is 3.14. The number of urea groups is 1. The lowest BCUT2D eigenvalue weighted by atomic mass is 9.97. The summed E-state index contributed by atoms with van der Waals surface area (Å²) in [5.74, 6) is -0.505. The molecular weight excluding hydrogens is 386 g/mol. The van der Waals surface area contributed by atoms with Crippen molar-refractivity contribution in [1.29, 1.82) is 0 Å². The van der Waals surface area contributed by atoms with E-state index in [1.165, 1.54) is 0 Å². The Hall–Kier alpha value is -1.89. The third-order valence-corrected chi connectivity index (χ3v) is 5.63. The smallest absolute Gasteiger partial charge is 0.325 e. The second-order valence-corrected chi connectivity index (χ2v) is 7.81. The molecule has 1 aliphatic carbocycles. The molecule has 1 heterocycles. The number of rotatable bonds is 4. The quantitative estimate of drug-likeness (QED) is 0.779. The summed E-state index contributed by atoms with van der Waals surface area (Å²) in [6, 6.07) is 6.42. The van der Waals surface area contributed by atoms with Crippen LogP contribution in [0.2, 0.25) is 0 Å². The van der Waals surface area contributed by atoms with Crippen molar-refractivity contribution in [3.63, 3.8) is 0 Å². The molecule has 2 aliphatic rings. The first-order valence-electron chi connectivity index (χ1n) is 8.49. The van der Waals surface area contributed by atoms with Gasteiger partial charge in [0.2, 0.25) is 5.91 Å². The molecule has 1 aliphatic heterocycles. The SMILES string of the molecule is CC(C(=O)N(C)Cc1ccc(Br)cc1)N1C(=O)NC2(CCCC2)C1=O. The summed E-state index contributed by atoms with van der Waals surface area (Å²) in [4.78, 5) is 40.5. The predicted molar refractivity (Wildman–Crippen MR) is 96.7 cm³/mol. The largest absolute Gasteiger partial charge is 0.340 e. The maximum Gasteiger partial charge on any atom is 0.325 e. The number of benzene rings is 1. The zero-order valence-electron chi connectivity index (χ0n) is 14.4. The lowest BCUT2D eigenvalue weighted by Crippen LogP contribution is -2.50. The number of amides is 4. The minimum absolute atomic E-state index is 0.249. The second kappa shape index (κ2) is 6.78. The van der Waals surface area contributed by atoms with Crippen LogP contribution in [0.1, 0.15) is 38.2 Å². The predicted octanol–water partition coefficient (Wildman–Crippen LogP) is 2.66. The van der Waals surface area contributed by atoms with E-state index < -0.39 is 17.6 Å². The molecule has 0 aromatic heterocycles. The van der Waals surface area contributed by atoms with E-state index in [0.29, 0.717) is 19.4 Å². The van der Waals surface area contributed by atoms with Gasteiger partial charge in [0, 0.05) is 18.1 Å². The molecule has 6 nitrogen and oxygen atoms in total. The van der Waals surface area contributed by atoms with E-state index in [0.717, 1.165) is 27.8 Å². The number of hydrogen-bond acceptors (Lipinski definition) is 3. The van der Waals surface area contributed by atoms with E-state index in [9.17, 15) is 14.4 Å². The van der Waals surface area contributed by atoms with Crippen LogP contribution in [0, 0.1) is 0 Å². The van der Waals surface area contributed by atoms with Crippen molar-refractivity contribution in [3.05, 3.63) is 34.3 Å². The molecule has 134 valence electrons. The fraction of sp³-hybridized carbons (Fsp3) is 0.500. The molecule has 1 unspecified atom stereocenters. The summed E-state index contributed by atoms with van der Waals surface area (Å²) >= 11 is 3.38.